The monoisotopic (exact) mass is 397 g/mol. The van der Waals surface area contributed by atoms with Crippen LogP contribution >= 0.6 is 0 Å². The summed E-state index contributed by atoms with van der Waals surface area (Å²) in [5.41, 5.74) is 9.83. The predicted molar refractivity (Wildman–Crippen MR) is 130 cm³/mol. The normalized spacial score (nSPS) is 12.7. The van der Waals surface area contributed by atoms with E-state index in [4.69, 9.17) is 4.42 Å². The zero-order valence-electron chi connectivity index (χ0n) is 19.6. The van der Waals surface area contributed by atoms with Crippen LogP contribution in [0.5, 0.6) is 0 Å². The number of aryl methyl sites for hydroxylation is 2. The highest BCUT2D eigenvalue weighted by Crippen LogP contribution is 2.41. The van der Waals surface area contributed by atoms with Crippen LogP contribution in [0.1, 0.15) is 63.8 Å². The molecule has 0 unspecified atom stereocenters. The fourth-order valence-electron chi connectivity index (χ4n) is 4.30. The Bertz CT molecular complexity index is 1170. The summed E-state index contributed by atoms with van der Waals surface area (Å²) in [7, 11) is 0. The maximum Gasteiger partial charge on any atom is 0.361 e. The lowest BCUT2D eigenvalue weighted by atomic mass is 9.84. The van der Waals surface area contributed by atoms with E-state index in [2.05, 4.69) is 110 Å². The summed E-state index contributed by atoms with van der Waals surface area (Å²) in [6.07, 6.45) is 0. The van der Waals surface area contributed by atoms with Crippen molar-refractivity contribution in [2.75, 3.05) is 0 Å². The molecule has 30 heavy (non-hydrogen) atoms. The minimum atomic E-state index is 0.0741. The topological polar surface area (TPSA) is 11.3 Å². The van der Waals surface area contributed by atoms with Crippen molar-refractivity contribution in [3.8, 4) is 11.1 Å². The summed E-state index contributed by atoms with van der Waals surface area (Å²) < 4.78 is 6.56. The van der Waals surface area contributed by atoms with Gasteiger partial charge in [-0.05, 0) is 64.6 Å². The van der Waals surface area contributed by atoms with Crippen molar-refractivity contribution in [3.63, 3.8) is 0 Å². The Morgan fingerprint density at radius 3 is 1.40 bits per heavy atom. The average Bonchev–Trinajstić information content (AvgIpc) is 2.64. The Kier molecular flexibility index (Phi) is 4.77. The van der Waals surface area contributed by atoms with E-state index >= 15 is 0 Å². The smallest absolute Gasteiger partial charge is 0.207 e. The lowest BCUT2D eigenvalue weighted by Gasteiger charge is -2.20. The van der Waals surface area contributed by atoms with Gasteiger partial charge in [0.15, 0.2) is 0 Å². The quantitative estimate of drug-likeness (QED) is 0.231. The fourth-order valence-corrected chi connectivity index (χ4v) is 4.30. The first-order chi connectivity index (χ1) is 14.0. The molecule has 0 N–H and O–H groups in total. The van der Waals surface area contributed by atoms with Gasteiger partial charge in [0.1, 0.15) is 0 Å². The van der Waals surface area contributed by atoms with Gasteiger partial charge in [-0.1, -0.05) is 71.9 Å². The maximum absolute atomic E-state index is 6.56. The van der Waals surface area contributed by atoms with E-state index in [1.54, 1.807) is 0 Å². The zero-order valence-corrected chi connectivity index (χ0v) is 19.6. The molecule has 1 heterocycles. The lowest BCUT2D eigenvalue weighted by Crippen LogP contribution is -2.11. The third kappa shape index (κ3) is 3.51. The highest BCUT2D eigenvalue weighted by molar-refractivity contribution is 6.09. The maximum atomic E-state index is 6.56. The molecule has 0 atom stereocenters. The van der Waals surface area contributed by atoms with Crippen molar-refractivity contribution >= 4 is 21.9 Å². The Balaban J connectivity index is 2.17. The zero-order chi connectivity index (χ0) is 21.8. The van der Waals surface area contributed by atoms with Crippen LogP contribution in [-0.4, -0.2) is 0 Å². The Hall–Kier alpha value is -2.67. The summed E-state index contributed by atoms with van der Waals surface area (Å²) in [6.45, 7) is 17.9. The second-order valence-corrected chi connectivity index (χ2v) is 10.7. The molecule has 1 heteroatoms. The van der Waals surface area contributed by atoms with Crippen LogP contribution in [0, 0.1) is 13.8 Å². The van der Waals surface area contributed by atoms with Crippen molar-refractivity contribution in [2.24, 2.45) is 0 Å². The summed E-state index contributed by atoms with van der Waals surface area (Å²) in [6, 6.07) is 20.0. The Labute approximate surface area is 180 Å². The minimum absolute atomic E-state index is 0.0741. The summed E-state index contributed by atoms with van der Waals surface area (Å²) in [5, 5.41) is 2.35. The first kappa shape index (κ1) is 20.6. The van der Waals surface area contributed by atoms with Crippen LogP contribution in [0.3, 0.4) is 0 Å². The molecule has 0 aliphatic rings. The molecular weight excluding hydrogens is 364 g/mol. The van der Waals surface area contributed by atoms with E-state index in [-0.39, 0.29) is 10.8 Å². The molecule has 0 radical (unpaired) electrons. The molecule has 3 aromatic carbocycles. The number of hydrogen-bond acceptors (Lipinski definition) is 0. The van der Waals surface area contributed by atoms with E-state index in [1.165, 1.54) is 44.2 Å². The number of rotatable bonds is 1. The Morgan fingerprint density at radius 1 is 0.567 bits per heavy atom. The number of hydrogen-bond donors (Lipinski definition) is 0. The van der Waals surface area contributed by atoms with Crippen molar-refractivity contribution in [3.05, 3.63) is 76.9 Å². The fraction of sp³-hybridized carbons (Fsp3) is 0.345. The molecule has 0 saturated carbocycles. The van der Waals surface area contributed by atoms with E-state index in [0.29, 0.717) is 0 Å². The predicted octanol–water partition coefficient (Wildman–Crippen LogP) is 8.75. The van der Waals surface area contributed by atoms with Crippen molar-refractivity contribution < 1.29 is 4.42 Å². The molecule has 1 nitrogen and oxygen atoms in total. The van der Waals surface area contributed by atoms with Gasteiger partial charge >= 0.3 is 11.2 Å². The first-order valence-electron chi connectivity index (χ1n) is 10.9. The molecule has 0 aliphatic carbocycles. The molecule has 0 amide bonds. The standard InChI is InChI=1S/C29H33O/c1-18-10-9-11-19(2)26(18)27-22-14-12-20(28(3,4)5)16-24(22)30-25-17-21(29(6,7)8)13-15-23(25)27/h9-17H,1-8H3/q+1. The van der Waals surface area contributed by atoms with E-state index in [9.17, 15) is 0 Å². The second-order valence-electron chi connectivity index (χ2n) is 10.7. The lowest BCUT2D eigenvalue weighted by molar-refractivity contribution is 0.583. The van der Waals surface area contributed by atoms with Gasteiger partial charge in [-0.15, -0.1) is 0 Å². The van der Waals surface area contributed by atoms with Crippen LogP contribution in [0.25, 0.3) is 33.1 Å². The number of fused-ring (bicyclic) bond motifs is 2. The van der Waals surface area contributed by atoms with Crippen molar-refractivity contribution in [1.82, 2.24) is 0 Å². The summed E-state index contributed by atoms with van der Waals surface area (Å²) in [4.78, 5) is 0. The molecular formula is C29H33O+. The molecule has 4 aromatic rings. The van der Waals surface area contributed by atoms with Gasteiger partial charge in [0, 0.05) is 17.7 Å². The van der Waals surface area contributed by atoms with Gasteiger partial charge in [0.2, 0.25) is 0 Å². The van der Waals surface area contributed by atoms with Gasteiger partial charge in [-0.2, -0.15) is 0 Å². The van der Waals surface area contributed by atoms with Gasteiger partial charge in [-0.25, -0.2) is 4.42 Å². The molecule has 0 saturated heterocycles. The third-order valence-corrected chi connectivity index (χ3v) is 6.18. The summed E-state index contributed by atoms with van der Waals surface area (Å²) in [5.74, 6) is 0. The van der Waals surface area contributed by atoms with Gasteiger partial charge in [0.05, 0.1) is 10.8 Å². The van der Waals surface area contributed by atoms with Gasteiger partial charge in [0.25, 0.3) is 0 Å². The molecule has 4 rings (SSSR count). The van der Waals surface area contributed by atoms with Crippen LogP contribution < -0.4 is 0 Å². The van der Waals surface area contributed by atoms with Crippen molar-refractivity contribution in [1.29, 1.82) is 0 Å². The first-order valence-corrected chi connectivity index (χ1v) is 10.9. The van der Waals surface area contributed by atoms with E-state index in [1.807, 2.05) is 0 Å². The second kappa shape index (κ2) is 6.94. The Morgan fingerprint density at radius 2 is 1.00 bits per heavy atom. The van der Waals surface area contributed by atoms with Crippen LogP contribution in [0.15, 0.2) is 59.0 Å². The third-order valence-electron chi connectivity index (χ3n) is 6.18. The van der Waals surface area contributed by atoms with Gasteiger partial charge in [-0.3, -0.25) is 0 Å². The van der Waals surface area contributed by atoms with Crippen LogP contribution in [-0.2, 0) is 10.8 Å². The molecule has 154 valence electrons. The SMILES string of the molecule is Cc1cccc(C)c1-c1c2ccc(C(C)(C)C)cc2[o+]c2cc(C(C)(C)C)ccc12. The summed E-state index contributed by atoms with van der Waals surface area (Å²) >= 11 is 0. The average molecular weight is 398 g/mol. The van der Waals surface area contributed by atoms with Crippen molar-refractivity contribution in [2.45, 2.75) is 66.2 Å². The largest absolute Gasteiger partial charge is 0.361 e. The minimum Gasteiger partial charge on any atom is -0.207 e. The van der Waals surface area contributed by atoms with Crippen LogP contribution in [0.4, 0.5) is 0 Å². The molecule has 1 aromatic heterocycles. The molecule has 0 fully saturated rings. The van der Waals surface area contributed by atoms with Crippen LogP contribution in [0.2, 0.25) is 0 Å². The highest BCUT2D eigenvalue weighted by atomic mass is 16.3. The molecule has 0 bridgehead atoms. The number of benzene rings is 3. The molecule has 0 spiro atoms. The van der Waals surface area contributed by atoms with Gasteiger partial charge < -0.3 is 0 Å². The highest BCUT2D eigenvalue weighted by Gasteiger charge is 2.26. The van der Waals surface area contributed by atoms with E-state index in [0.717, 1.165) is 11.2 Å². The molecule has 0 aliphatic heterocycles. The van der Waals surface area contributed by atoms with E-state index < -0.39 is 0 Å².